The Hall–Kier alpha value is -0.710. The minimum absolute atomic E-state index is 0.505. The number of thiazole rings is 1. The normalized spacial score (nSPS) is 13.1. The molecule has 0 bridgehead atoms. The van der Waals surface area contributed by atoms with E-state index in [1.165, 1.54) is 4.88 Å². The smallest absolute Gasteiger partial charge is 0.124 e. The highest BCUT2D eigenvalue weighted by molar-refractivity contribution is 7.13. The summed E-state index contributed by atoms with van der Waals surface area (Å²) in [7, 11) is 0. The molecule has 0 amide bonds. The molecule has 1 atom stereocenters. The van der Waals surface area contributed by atoms with Crippen LogP contribution in [0.4, 0.5) is 0 Å². The summed E-state index contributed by atoms with van der Waals surface area (Å²) in [6, 6.07) is 4.02. The van der Waals surface area contributed by atoms with Crippen molar-refractivity contribution in [2.75, 3.05) is 0 Å². The topological polar surface area (TPSA) is 33.1 Å². The van der Waals surface area contributed by atoms with E-state index >= 15 is 0 Å². The van der Waals surface area contributed by atoms with Crippen LogP contribution in [-0.4, -0.2) is 10.1 Å². The van der Waals surface area contributed by atoms with E-state index in [1.54, 1.807) is 22.7 Å². The third-order valence-corrected chi connectivity index (χ3v) is 4.40. The number of aryl methyl sites for hydroxylation is 3. The summed E-state index contributed by atoms with van der Waals surface area (Å²) in [5.74, 6) is 0. The van der Waals surface area contributed by atoms with Gasteiger partial charge in [-0.1, -0.05) is 0 Å². The molecule has 2 heterocycles. The standard InChI is InChI=1S/C11H13NOS2/c1-6-4-5-9(14-6)10(13)11-7(2)12-8(3)15-11/h4-5,10,13H,1-3H3. The van der Waals surface area contributed by atoms with Crippen molar-refractivity contribution < 1.29 is 5.11 Å². The molecule has 1 N–H and O–H groups in total. The maximum absolute atomic E-state index is 10.2. The van der Waals surface area contributed by atoms with Crippen LogP contribution in [-0.2, 0) is 0 Å². The molecule has 0 aliphatic rings. The Balaban J connectivity index is 2.35. The molecule has 0 aliphatic carbocycles. The fourth-order valence-electron chi connectivity index (χ4n) is 1.53. The van der Waals surface area contributed by atoms with Crippen LogP contribution in [0.15, 0.2) is 12.1 Å². The monoisotopic (exact) mass is 239 g/mol. The summed E-state index contributed by atoms with van der Waals surface area (Å²) >= 11 is 3.21. The molecular formula is C11H13NOS2. The van der Waals surface area contributed by atoms with Gasteiger partial charge in [0.1, 0.15) is 6.10 Å². The van der Waals surface area contributed by atoms with Crippen molar-refractivity contribution in [3.63, 3.8) is 0 Å². The van der Waals surface area contributed by atoms with Crippen molar-refractivity contribution in [1.82, 2.24) is 4.98 Å². The van der Waals surface area contributed by atoms with Crippen LogP contribution in [0.1, 0.15) is 31.4 Å². The third kappa shape index (κ3) is 2.12. The van der Waals surface area contributed by atoms with Crippen molar-refractivity contribution in [2.45, 2.75) is 26.9 Å². The lowest BCUT2D eigenvalue weighted by Crippen LogP contribution is -1.95. The molecule has 0 saturated carbocycles. The fraction of sp³-hybridized carbons (Fsp3) is 0.364. The highest BCUT2D eigenvalue weighted by Gasteiger charge is 2.17. The van der Waals surface area contributed by atoms with Gasteiger partial charge in [0.15, 0.2) is 0 Å². The van der Waals surface area contributed by atoms with Crippen molar-refractivity contribution >= 4 is 22.7 Å². The maximum atomic E-state index is 10.2. The van der Waals surface area contributed by atoms with Gasteiger partial charge in [-0.05, 0) is 32.9 Å². The summed E-state index contributed by atoms with van der Waals surface area (Å²) in [5.41, 5.74) is 0.941. The first-order chi connectivity index (χ1) is 7.08. The van der Waals surface area contributed by atoms with E-state index in [2.05, 4.69) is 4.98 Å². The number of hydrogen-bond donors (Lipinski definition) is 1. The minimum Gasteiger partial charge on any atom is -0.382 e. The van der Waals surface area contributed by atoms with E-state index in [4.69, 9.17) is 0 Å². The molecule has 2 nitrogen and oxygen atoms in total. The van der Waals surface area contributed by atoms with E-state index < -0.39 is 6.10 Å². The van der Waals surface area contributed by atoms with Crippen LogP contribution < -0.4 is 0 Å². The molecular weight excluding hydrogens is 226 g/mol. The fourth-order valence-corrected chi connectivity index (χ4v) is 3.41. The van der Waals surface area contributed by atoms with Gasteiger partial charge in [0, 0.05) is 9.75 Å². The van der Waals surface area contributed by atoms with Crippen LogP contribution in [0.2, 0.25) is 0 Å². The second-order valence-electron chi connectivity index (χ2n) is 3.53. The van der Waals surface area contributed by atoms with E-state index in [-0.39, 0.29) is 0 Å². The van der Waals surface area contributed by atoms with Crippen LogP contribution in [0.25, 0.3) is 0 Å². The SMILES string of the molecule is Cc1ccc(C(O)c2sc(C)nc2C)s1. The van der Waals surface area contributed by atoms with Gasteiger partial charge >= 0.3 is 0 Å². The molecule has 2 aromatic heterocycles. The zero-order valence-corrected chi connectivity index (χ0v) is 10.6. The van der Waals surface area contributed by atoms with Gasteiger partial charge in [0.2, 0.25) is 0 Å². The average molecular weight is 239 g/mol. The summed E-state index contributed by atoms with van der Waals surface area (Å²) in [5, 5.41) is 11.2. The Bertz CT molecular complexity index is 473. The Morgan fingerprint density at radius 3 is 2.40 bits per heavy atom. The molecule has 80 valence electrons. The molecule has 4 heteroatoms. The highest BCUT2D eigenvalue weighted by Crippen LogP contribution is 2.33. The first kappa shape index (κ1) is 10.8. The molecule has 0 fully saturated rings. The average Bonchev–Trinajstić information content (AvgIpc) is 2.71. The van der Waals surface area contributed by atoms with E-state index in [0.29, 0.717) is 0 Å². The maximum Gasteiger partial charge on any atom is 0.124 e. The lowest BCUT2D eigenvalue weighted by Gasteiger charge is -2.05. The summed E-state index contributed by atoms with van der Waals surface area (Å²) in [6.45, 7) is 5.96. The number of nitrogens with zero attached hydrogens (tertiary/aromatic N) is 1. The minimum atomic E-state index is -0.505. The summed E-state index contributed by atoms with van der Waals surface area (Å²) < 4.78 is 0. The van der Waals surface area contributed by atoms with Crippen LogP contribution in [0.3, 0.4) is 0 Å². The first-order valence-corrected chi connectivity index (χ1v) is 6.39. The molecule has 2 rings (SSSR count). The second-order valence-corrected chi connectivity index (χ2v) is 6.09. The quantitative estimate of drug-likeness (QED) is 0.873. The summed E-state index contributed by atoms with van der Waals surface area (Å²) in [4.78, 5) is 7.52. The van der Waals surface area contributed by atoms with Gasteiger partial charge in [-0.2, -0.15) is 0 Å². The Labute approximate surface area is 97.2 Å². The van der Waals surface area contributed by atoms with Gasteiger partial charge in [0.05, 0.1) is 15.6 Å². The van der Waals surface area contributed by atoms with Crippen molar-refractivity contribution in [2.24, 2.45) is 0 Å². The Morgan fingerprint density at radius 1 is 1.20 bits per heavy atom. The van der Waals surface area contributed by atoms with Crippen LogP contribution in [0, 0.1) is 20.8 Å². The number of thiophene rings is 1. The molecule has 0 aromatic carbocycles. The molecule has 0 radical (unpaired) electrons. The zero-order chi connectivity index (χ0) is 11.0. The number of aliphatic hydroxyl groups is 1. The van der Waals surface area contributed by atoms with Crippen molar-refractivity contribution in [1.29, 1.82) is 0 Å². The van der Waals surface area contributed by atoms with Gasteiger partial charge in [-0.15, -0.1) is 22.7 Å². The van der Waals surface area contributed by atoms with Gasteiger partial charge in [0.25, 0.3) is 0 Å². The number of aromatic nitrogens is 1. The van der Waals surface area contributed by atoms with Crippen LogP contribution in [0.5, 0.6) is 0 Å². The molecule has 0 aliphatic heterocycles. The molecule has 1 unspecified atom stereocenters. The highest BCUT2D eigenvalue weighted by atomic mass is 32.1. The number of aliphatic hydroxyl groups excluding tert-OH is 1. The van der Waals surface area contributed by atoms with Crippen molar-refractivity contribution in [3.8, 4) is 0 Å². The third-order valence-electron chi connectivity index (χ3n) is 2.22. The Kier molecular flexibility index (Phi) is 2.91. The molecule has 0 spiro atoms. The predicted molar refractivity (Wildman–Crippen MR) is 64.7 cm³/mol. The van der Waals surface area contributed by atoms with Gasteiger partial charge in [-0.25, -0.2) is 4.98 Å². The first-order valence-electron chi connectivity index (χ1n) is 4.76. The number of rotatable bonds is 2. The molecule has 0 saturated heterocycles. The number of hydrogen-bond acceptors (Lipinski definition) is 4. The summed E-state index contributed by atoms with van der Waals surface area (Å²) in [6.07, 6.45) is -0.505. The zero-order valence-electron chi connectivity index (χ0n) is 8.94. The lowest BCUT2D eigenvalue weighted by molar-refractivity contribution is 0.227. The van der Waals surface area contributed by atoms with E-state index in [0.717, 1.165) is 20.5 Å². The van der Waals surface area contributed by atoms with Crippen LogP contribution >= 0.6 is 22.7 Å². The van der Waals surface area contributed by atoms with Gasteiger partial charge < -0.3 is 5.11 Å². The second kappa shape index (κ2) is 4.04. The van der Waals surface area contributed by atoms with Crippen molar-refractivity contribution in [3.05, 3.63) is 37.5 Å². The van der Waals surface area contributed by atoms with E-state index in [1.807, 2.05) is 32.9 Å². The lowest BCUT2D eigenvalue weighted by atomic mass is 10.2. The molecule has 15 heavy (non-hydrogen) atoms. The van der Waals surface area contributed by atoms with E-state index in [9.17, 15) is 5.11 Å². The Morgan fingerprint density at radius 2 is 1.93 bits per heavy atom. The molecule has 2 aromatic rings. The van der Waals surface area contributed by atoms with Gasteiger partial charge in [-0.3, -0.25) is 0 Å². The predicted octanol–water partition coefficient (Wildman–Crippen LogP) is 3.21. The largest absolute Gasteiger partial charge is 0.382 e.